The zero-order valence-corrected chi connectivity index (χ0v) is 15.4. The standard InChI is InChI=1S/C18H19ClN2O3S/c1-21(17(24)12(9-16(22)23)8-11-6-7-11)18-20-15(10-25-18)13-4-2-3-5-14(13)19/h2-5,10-12H,6-9H2,1H3,(H,22,23). The number of aromatic nitrogens is 1. The lowest BCUT2D eigenvalue weighted by Gasteiger charge is -2.20. The number of hydrogen-bond acceptors (Lipinski definition) is 4. The third-order valence-electron chi connectivity index (χ3n) is 4.34. The Bertz CT molecular complexity index is 788. The predicted octanol–water partition coefficient (Wildman–Crippen LogP) is 4.32. The average Bonchev–Trinajstić information content (AvgIpc) is 3.26. The van der Waals surface area contributed by atoms with Crippen LogP contribution in [0.1, 0.15) is 25.7 Å². The first-order valence-corrected chi connectivity index (χ1v) is 9.41. The third kappa shape index (κ3) is 4.38. The molecule has 1 aliphatic carbocycles. The number of thiazole rings is 1. The molecule has 1 aromatic heterocycles. The van der Waals surface area contributed by atoms with Crippen LogP contribution in [-0.2, 0) is 9.59 Å². The molecule has 0 spiro atoms. The molecule has 0 bridgehead atoms. The number of anilines is 1. The zero-order chi connectivity index (χ0) is 18.0. The van der Waals surface area contributed by atoms with Crippen LogP contribution in [0.3, 0.4) is 0 Å². The van der Waals surface area contributed by atoms with Crippen LogP contribution in [0.25, 0.3) is 11.3 Å². The lowest BCUT2D eigenvalue weighted by Crippen LogP contribution is -2.34. The highest BCUT2D eigenvalue weighted by atomic mass is 35.5. The topological polar surface area (TPSA) is 70.5 Å². The van der Waals surface area contributed by atoms with Crippen LogP contribution in [0.5, 0.6) is 0 Å². The molecule has 1 N–H and O–H groups in total. The van der Waals surface area contributed by atoms with Gasteiger partial charge in [-0.05, 0) is 18.4 Å². The van der Waals surface area contributed by atoms with Crippen molar-refractivity contribution in [2.24, 2.45) is 11.8 Å². The number of benzene rings is 1. The van der Waals surface area contributed by atoms with Gasteiger partial charge in [0.25, 0.3) is 0 Å². The van der Waals surface area contributed by atoms with Crippen molar-refractivity contribution in [1.29, 1.82) is 0 Å². The summed E-state index contributed by atoms with van der Waals surface area (Å²) in [5.41, 5.74) is 1.52. The highest BCUT2D eigenvalue weighted by Crippen LogP contribution is 2.38. The largest absolute Gasteiger partial charge is 0.481 e. The van der Waals surface area contributed by atoms with Crippen molar-refractivity contribution in [2.45, 2.75) is 25.7 Å². The molecular weight excluding hydrogens is 360 g/mol. The molecule has 0 saturated heterocycles. The number of hydrogen-bond donors (Lipinski definition) is 1. The van der Waals surface area contributed by atoms with Gasteiger partial charge in [0.1, 0.15) is 0 Å². The lowest BCUT2D eigenvalue weighted by atomic mass is 9.97. The van der Waals surface area contributed by atoms with Gasteiger partial charge in [-0.3, -0.25) is 14.5 Å². The van der Waals surface area contributed by atoms with Crippen LogP contribution >= 0.6 is 22.9 Å². The van der Waals surface area contributed by atoms with Gasteiger partial charge >= 0.3 is 5.97 Å². The van der Waals surface area contributed by atoms with E-state index in [0.29, 0.717) is 28.2 Å². The molecule has 1 fully saturated rings. The van der Waals surface area contributed by atoms with Crippen LogP contribution in [-0.4, -0.2) is 29.0 Å². The van der Waals surface area contributed by atoms with E-state index >= 15 is 0 Å². The van der Waals surface area contributed by atoms with E-state index in [0.717, 1.165) is 18.4 Å². The first-order valence-electron chi connectivity index (χ1n) is 8.15. The minimum atomic E-state index is -0.941. The minimum Gasteiger partial charge on any atom is -0.481 e. The van der Waals surface area contributed by atoms with Crippen molar-refractivity contribution < 1.29 is 14.7 Å². The number of halogens is 1. The fourth-order valence-electron chi connectivity index (χ4n) is 2.82. The molecule has 1 saturated carbocycles. The molecule has 25 heavy (non-hydrogen) atoms. The van der Waals surface area contributed by atoms with Crippen LogP contribution in [0.15, 0.2) is 29.6 Å². The van der Waals surface area contributed by atoms with E-state index in [1.165, 1.54) is 16.2 Å². The normalized spacial score (nSPS) is 15.0. The summed E-state index contributed by atoms with van der Waals surface area (Å²) >= 11 is 7.55. The highest BCUT2D eigenvalue weighted by Gasteiger charge is 2.33. The molecule has 7 heteroatoms. The summed E-state index contributed by atoms with van der Waals surface area (Å²) in [6.07, 6.45) is 2.67. The van der Waals surface area contributed by atoms with Crippen molar-refractivity contribution in [3.05, 3.63) is 34.7 Å². The quantitative estimate of drug-likeness (QED) is 0.778. The second-order valence-electron chi connectivity index (χ2n) is 6.37. The van der Waals surface area contributed by atoms with E-state index in [9.17, 15) is 9.59 Å². The zero-order valence-electron chi connectivity index (χ0n) is 13.8. The second kappa shape index (κ2) is 7.54. The van der Waals surface area contributed by atoms with Gasteiger partial charge in [-0.15, -0.1) is 11.3 Å². The number of rotatable bonds is 7. The van der Waals surface area contributed by atoms with Crippen LogP contribution in [0.4, 0.5) is 5.13 Å². The summed E-state index contributed by atoms with van der Waals surface area (Å²) in [5, 5.41) is 12.1. The first kappa shape index (κ1) is 17.9. The Labute approximate surface area is 155 Å². The molecule has 3 rings (SSSR count). The lowest BCUT2D eigenvalue weighted by molar-refractivity contribution is -0.140. The van der Waals surface area contributed by atoms with Crippen molar-refractivity contribution >= 4 is 39.9 Å². The van der Waals surface area contributed by atoms with Gasteiger partial charge in [-0.25, -0.2) is 4.98 Å². The van der Waals surface area contributed by atoms with Gasteiger partial charge in [0.05, 0.1) is 12.1 Å². The Morgan fingerprint density at radius 3 is 2.76 bits per heavy atom. The first-order chi connectivity index (χ1) is 12.0. The van der Waals surface area contributed by atoms with Gasteiger partial charge < -0.3 is 5.11 Å². The second-order valence-corrected chi connectivity index (χ2v) is 7.61. The fraction of sp³-hybridized carbons (Fsp3) is 0.389. The molecule has 0 radical (unpaired) electrons. The summed E-state index contributed by atoms with van der Waals surface area (Å²) in [6.45, 7) is 0. The predicted molar refractivity (Wildman–Crippen MR) is 99.1 cm³/mol. The molecule has 1 atom stereocenters. The van der Waals surface area contributed by atoms with Gasteiger partial charge in [0.2, 0.25) is 5.91 Å². The number of carbonyl (C=O) groups is 2. The van der Waals surface area contributed by atoms with E-state index in [1.807, 2.05) is 23.6 Å². The monoisotopic (exact) mass is 378 g/mol. The summed E-state index contributed by atoms with van der Waals surface area (Å²) in [4.78, 5) is 29.8. The van der Waals surface area contributed by atoms with Crippen molar-refractivity contribution in [3.8, 4) is 11.3 Å². The summed E-state index contributed by atoms with van der Waals surface area (Å²) in [6, 6.07) is 7.41. The number of carboxylic acids is 1. The Kier molecular flexibility index (Phi) is 5.39. The molecule has 1 aromatic carbocycles. The number of carbonyl (C=O) groups excluding carboxylic acids is 1. The van der Waals surface area contributed by atoms with Gasteiger partial charge in [-0.1, -0.05) is 42.6 Å². The summed E-state index contributed by atoms with van der Waals surface area (Å²) in [7, 11) is 1.65. The molecule has 1 unspecified atom stereocenters. The van der Waals surface area contributed by atoms with Crippen molar-refractivity contribution in [2.75, 3.05) is 11.9 Å². The van der Waals surface area contributed by atoms with E-state index in [1.54, 1.807) is 13.1 Å². The van der Waals surface area contributed by atoms with E-state index < -0.39 is 11.9 Å². The maximum Gasteiger partial charge on any atom is 0.304 e. The van der Waals surface area contributed by atoms with Crippen molar-refractivity contribution in [3.63, 3.8) is 0 Å². The molecule has 1 heterocycles. The van der Waals surface area contributed by atoms with E-state index in [2.05, 4.69) is 4.98 Å². The van der Waals surface area contributed by atoms with Gasteiger partial charge in [0.15, 0.2) is 5.13 Å². The molecule has 1 amide bonds. The van der Waals surface area contributed by atoms with Gasteiger partial charge in [-0.2, -0.15) is 0 Å². The Morgan fingerprint density at radius 1 is 1.40 bits per heavy atom. The molecule has 132 valence electrons. The van der Waals surface area contributed by atoms with E-state index in [-0.39, 0.29) is 12.3 Å². The number of carboxylic acid groups (broad SMARTS) is 1. The average molecular weight is 379 g/mol. The van der Waals surface area contributed by atoms with Gasteiger partial charge in [0, 0.05) is 28.9 Å². The number of amides is 1. The number of aliphatic carboxylic acids is 1. The SMILES string of the molecule is CN(C(=O)C(CC(=O)O)CC1CC1)c1nc(-c2ccccc2Cl)cs1. The Balaban J connectivity index is 1.77. The van der Waals surface area contributed by atoms with Crippen LogP contribution < -0.4 is 4.90 Å². The van der Waals surface area contributed by atoms with E-state index in [4.69, 9.17) is 16.7 Å². The highest BCUT2D eigenvalue weighted by molar-refractivity contribution is 7.14. The maximum atomic E-state index is 12.8. The summed E-state index contributed by atoms with van der Waals surface area (Å²) < 4.78 is 0. The molecular formula is C18H19ClN2O3S. The maximum absolute atomic E-state index is 12.8. The molecule has 5 nitrogen and oxygen atoms in total. The van der Waals surface area contributed by atoms with Crippen LogP contribution in [0.2, 0.25) is 5.02 Å². The molecule has 2 aromatic rings. The minimum absolute atomic E-state index is 0.136. The van der Waals surface area contributed by atoms with Crippen molar-refractivity contribution in [1.82, 2.24) is 4.98 Å². The summed E-state index contributed by atoms with van der Waals surface area (Å²) in [5.74, 6) is -1.14. The Hall–Kier alpha value is -1.92. The molecule has 1 aliphatic rings. The molecule has 0 aliphatic heterocycles. The smallest absolute Gasteiger partial charge is 0.304 e. The van der Waals surface area contributed by atoms with Crippen LogP contribution in [0, 0.1) is 11.8 Å². The Morgan fingerprint density at radius 2 is 2.12 bits per heavy atom. The fourth-order valence-corrected chi connectivity index (χ4v) is 3.85. The third-order valence-corrected chi connectivity index (χ3v) is 5.59. The number of nitrogens with zero attached hydrogens (tertiary/aromatic N) is 2.